The number of pyridine rings is 1. The second-order valence-electron chi connectivity index (χ2n) is 7.94. The van der Waals surface area contributed by atoms with E-state index in [4.69, 9.17) is 6.57 Å². The molecule has 33 heavy (non-hydrogen) atoms. The Morgan fingerprint density at radius 3 is 1.58 bits per heavy atom. The van der Waals surface area contributed by atoms with E-state index in [1.165, 1.54) is 48.0 Å². The quantitative estimate of drug-likeness (QED) is 0.252. The van der Waals surface area contributed by atoms with Gasteiger partial charge < -0.3 is 0 Å². The van der Waals surface area contributed by atoms with Gasteiger partial charge in [-0.15, -0.1) is 11.3 Å². The Hall–Kier alpha value is -4.26. The summed E-state index contributed by atoms with van der Waals surface area (Å²) in [5, 5.41) is 2.56. The van der Waals surface area contributed by atoms with Gasteiger partial charge in [0, 0.05) is 32.6 Å². The molecule has 0 aliphatic rings. The summed E-state index contributed by atoms with van der Waals surface area (Å²) in [5.74, 6) is 0. The van der Waals surface area contributed by atoms with Crippen molar-refractivity contribution in [1.82, 2.24) is 4.98 Å². The van der Waals surface area contributed by atoms with E-state index < -0.39 is 0 Å². The molecule has 0 bridgehead atoms. The van der Waals surface area contributed by atoms with E-state index in [9.17, 15) is 0 Å². The average molecular weight is 439 g/mol. The zero-order valence-electron chi connectivity index (χ0n) is 17.7. The summed E-state index contributed by atoms with van der Waals surface area (Å²) < 4.78 is 2.58. The molecule has 154 valence electrons. The SMILES string of the molecule is [C-]#[N+]c1ccc(-c2cccc3c2sc2c(-c4ccc(-c5ccncc5)cc4)cccc23)cc1. The van der Waals surface area contributed by atoms with Crippen LogP contribution in [0.4, 0.5) is 5.69 Å². The van der Waals surface area contributed by atoms with Crippen molar-refractivity contribution in [2.75, 3.05) is 0 Å². The minimum atomic E-state index is 0.666. The first-order chi connectivity index (χ1) is 16.3. The van der Waals surface area contributed by atoms with Gasteiger partial charge in [0.15, 0.2) is 5.69 Å². The average Bonchev–Trinajstić information content (AvgIpc) is 3.28. The Morgan fingerprint density at radius 1 is 0.545 bits per heavy atom. The first-order valence-corrected chi connectivity index (χ1v) is 11.6. The van der Waals surface area contributed by atoms with Crippen molar-refractivity contribution in [3.63, 3.8) is 0 Å². The minimum absolute atomic E-state index is 0.666. The molecule has 6 rings (SSSR count). The highest BCUT2D eigenvalue weighted by molar-refractivity contribution is 7.26. The number of fused-ring (bicyclic) bond motifs is 3. The van der Waals surface area contributed by atoms with E-state index in [0.717, 1.165) is 5.56 Å². The fourth-order valence-corrected chi connectivity index (χ4v) is 5.75. The molecule has 0 amide bonds. The summed E-state index contributed by atoms with van der Waals surface area (Å²) in [5.41, 5.74) is 7.85. The Bertz CT molecular complexity index is 1640. The van der Waals surface area contributed by atoms with E-state index in [-0.39, 0.29) is 0 Å². The van der Waals surface area contributed by atoms with Crippen molar-refractivity contribution < 1.29 is 0 Å². The monoisotopic (exact) mass is 438 g/mol. The number of hydrogen-bond acceptors (Lipinski definition) is 2. The van der Waals surface area contributed by atoms with Gasteiger partial charge in [0.2, 0.25) is 0 Å². The van der Waals surface area contributed by atoms with Crippen molar-refractivity contribution in [3.05, 3.63) is 121 Å². The highest BCUT2D eigenvalue weighted by atomic mass is 32.1. The van der Waals surface area contributed by atoms with Gasteiger partial charge in [0.25, 0.3) is 0 Å². The maximum absolute atomic E-state index is 7.21. The maximum Gasteiger partial charge on any atom is 0.187 e. The third-order valence-electron chi connectivity index (χ3n) is 6.04. The zero-order valence-corrected chi connectivity index (χ0v) is 18.5. The Kier molecular flexibility index (Phi) is 4.72. The van der Waals surface area contributed by atoms with Gasteiger partial charge in [-0.05, 0) is 45.5 Å². The first kappa shape index (κ1) is 19.4. The second-order valence-corrected chi connectivity index (χ2v) is 8.96. The second kappa shape index (κ2) is 8.02. The molecule has 2 nitrogen and oxygen atoms in total. The number of thiophene rings is 1. The Labute approximate surface area is 196 Å². The van der Waals surface area contributed by atoms with Crippen LogP contribution in [0.25, 0.3) is 58.4 Å². The predicted octanol–water partition coefficient (Wildman–Crippen LogP) is 9.00. The zero-order chi connectivity index (χ0) is 22.2. The van der Waals surface area contributed by atoms with Crippen LogP contribution in [0, 0.1) is 6.57 Å². The van der Waals surface area contributed by atoms with Crippen LogP contribution in [0.1, 0.15) is 0 Å². The van der Waals surface area contributed by atoms with Crippen molar-refractivity contribution >= 4 is 37.2 Å². The van der Waals surface area contributed by atoms with Gasteiger partial charge in [0.1, 0.15) is 0 Å². The number of benzene rings is 4. The topological polar surface area (TPSA) is 17.2 Å². The highest BCUT2D eigenvalue weighted by Gasteiger charge is 2.14. The molecule has 0 fully saturated rings. The summed E-state index contributed by atoms with van der Waals surface area (Å²) in [7, 11) is 0. The lowest BCUT2D eigenvalue weighted by molar-refractivity contribution is 1.33. The molecule has 0 radical (unpaired) electrons. The lowest BCUT2D eigenvalue weighted by Crippen LogP contribution is -1.81. The van der Waals surface area contributed by atoms with Crippen LogP contribution < -0.4 is 0 Å². The molecule has 4 aromatic carbocycles. The summed E-state index contributed by atoms with van der Waals surface area (Å²) >= 11 is 1.85. The fourth-order valence-electron chi connectivity index (χ4n) is 4.38. The van der Waals surface area contributed by atoms with Gasteiger partial charge >= 0.3 is 0 Å². The van der Waals surface area contributed by atoms with Gasteiger partial charge in [-0.2, -0.15) is 0 Å². The van der Waals surface area contributed by atoms with Crippen molar-refractivity contribution in [1.29, 1.82) is 0 Å². The lowest BCUT2D eigenvalue weighted by Gasteiger charge is -2.06. The lowest BCUT2D eigenvalue weighted by atomic mass is 9.98. The number of nitrogens with zero attached hydrogens (tertiary/aromatic N) is 2. The number of hydrogen-bond donors (Lipinski definition) is 0. The summed E-state index contributed by atoms with van der Waals surface area (Å²) in [6.45, 7) is 7.21. The van der Waals surface area contributed by atoms with Crippen LogP contribution >= 0.6 is 11.3 Å². The molecule has 0 unspecified atom stereocenters. The molecular weight excluding hydrogens is 420 g/mol. The smallest absolute Gasteiger partial charge is 0.187 e. The van der Waals surface area contributed by atoms with E-state index in [1.54, 1.807) is 0 Å². The highest BCUT2D eigenvalue weighted by Crippen LogP contribution is 2.44. The fraction of sp³-hybridized carbons (Fsp3) is 0. The maximum atomic E-state index is 7.21. The van der Waals surface area contributed by atoms with Gasteiger partial charge in [-0.1, -0.05) is 84.9 Å². The molecule has 6 aromatic rings. The molecule has 2 heterocycles. The van der Waals surface area contributed by atoms with Gasteiger partial charge in [0.05, 0.1) is 6.57 Å². The largest absolute Gasteiger partial charge is 0.265 e. The Morgan fingerprint density at radius 2 is 1.03 bits per heavy atom. The van der Waals surface area contributed by atoms with Gasteiger partial charge in [-0.3, -0.25) is 4.98 Å². The van der Waals surface area contributed by atoms with Crippen LogP contribution in [0.15, 0.2) is 109 Å². The number of aromatic nitrogens is 1. The molecule has 3 heteroatoms. The van der Waals surface area contributed by atoms with E-state index in [0.29, 0.717) is 5.69 Å². The molecule has 0 N–H and O–H groups in total. The molecule has 0 spiro atoms. The summed E-state index contributed by atoms with van der Waals surface area (Å²) in [6, 6.07) is 33.8. The van der Waals surface area contributed by atoms with E-state index >= 15 is 0 Å². The van der Waals surface area contributed by atoms with E-state index in [1.807, 2.05) is 60.1 Å². The van der Waals surface area contributed by atoms with Crippen LogP contribution in [0.5, 0.6) is 0 Å². The molecule has 0 saturated heterocycles. The number of rotatable bonds is 3. The van der Waals surface area contributed by atoms with E-state index in [2.05, 4.69) is 70.5 Å². The third-order valence-corrected chi connectivity index (χ3v) is 7.33. The van der Waals surface area contributed by atoms with Crippen molar-refractivity contribution in [2.45, 2.75) is 0 Å². The van der Waals surface area contributed by atoms with Crippen molar-refractivity contribution in [2.24, 2.45) is 0 Å². The molecule has 2 aromatic heterocycles. The third kappa shape index (κ3) is 3.38. The van der Waals surface area contributed by atoms with Crippen LogP contribution in [-0.2, 0) is 0 Å². The van der Waals surface area contributed by atoms with Crippen LogP contribution in [0.2, 0.25) is 0 Å². The molecule has 0 aliphatic carbocycles. The summed E-state index contributed by atoms with van der Waals surface area (Å²) in [6.07, 6.45) is 3.65. The van der Waals surface area contributed by atoms with Crippen molar-refractivity contribution in [3.8, 4) is 33.4 Å². The Balaban J connectivity index is 1.49. The standard InChI is InChI=1S/C30H18N2S/c1-31-24-14-12-23(13-15-24)26-5-3-7-28-27-6-2-4-25(29(27)33-30(26)28)22-10-8-20(9-11-22)21-16-18-32-19-17-21/h2-19H. The minimum Gasteiger partial charge on any atom is -0.265 e. The predicted molar refractivity (Wildman–Crippen MR) is 140 cm³/mol. The molecule has 0 saturated carbocycles. The van der Waals surface area contributed by atoms with Crippen LogP contribution in [-0.4, -0.2) is 4.98 Å². The van der Waals surface area contributed by atoms with Gasteiger partial charge in [-0.25, -0.2) is 4.85 Å². The normalized spacial score (nSPS) is 11.0. The first-order valence-electron chi connectivity index (χ1n) is 10.7. The van der Waals surface area contributed by atoms with Crippen LogP contribution in [0.3, 0.4) is 0 Å². The molecular formula is C30H18N2S. The summed E-state index contributed by atoms with van der Waals surface area (Å²) in [4.78, 5) is 7.64. The molecule has 0 aliphatic heterocycles. The molecule has 0 atom stereocenters.